The van der Waals surface area contributed by atoms with Crippen LogP contribution in [0.3, 0.4) is 0 Å². The smallest absolute Gasteiger partial charge is 0.0682 e. The molecule has 1 heterocycles. The molecular formula is C14H15N5. The van der Waals surface area contributed by atoms with Crippen LogP contribution in [0.5, 0.6) is 0 Å². The predicted octanol–water partition coefficient (Wildman–Crippen LogP) is 2.55. The maximum absolute atomic E-state index is 8.54. The first-order chi connectivity index (χ1) is 9.29. The molecule has 0 aliphatic rings. The van der Waals surface area contributed by atoms with Crippen LogP contribution in [-0.2, 0) is 6.54 Å². The monoisotopic (exact) mass is 253 g/mol. The van der Waals surface area contributed by atoms with Gasteiger partial charge in [0, 0.05) is 11.8 Å². The molecule has 0 aliphatic heterocycles. The van der Waals surface area contributed by atoms with E-state index in [0.29, 0.717) is 13.0 Å². The van der Waals surface area contributed by atoms with Gasteiger partial charge in [0.1, 0.15) is 0 Å². The van der Waals surface area contributed by atoms with Crippen molar-refractivity contribution >= 4 is 11.9 Å². The standard InChI is InChI=1S/C14H15N5/c1-12-13(11-19(18-12)9-5-8-15)10-16-17-14-6-3-2-4-7-14/h2-4,6-7,10-11,17H,5,9H2,1H3/b16-10+. The molecule has 5 heteroatoms. The lowest BCUT2D eigenvalue weighted by Crippen LogP contribution is -1.97. The Hall–Kier alpha value is -2.61. The van der Waals surface area contributed by atoms with Gasteiger partial charge in [-0.1, -0.05) is 18.2 Å². The van der Waals surface area contributed by atoms with Crippen LogP contribution in [0, 0.1) is 18.3 Å². The zero-order valence-corrected chi connectivity index (χ0v) is 10.7. The summed E-state index contributed by atoms with van der Waals surface area (Å²) in [5, 5.41) is 17.0. The number of hydrazone groups is 1. The third-order valence-electron chi connectivity index (χ3n) is 2.61. The van der Waals surface area contributed by atoms with Gasteiger partial charge < -0.3 is 0 Å². The van der Waals surface area contributed by atoms with E-state index in [1.165, 1.54) is 0 Å². The number of anilines is 1. The molecule has 1 aromatic heterocycles. The van der Waals surface area contributed by atoms with E-state index in [0.717, 1.165) is 16.9 Å². The van der Waals surface area contributed by atoms with Crippen LogP contribution in [0.15, 0.2) is 41.6 Å². The molecule has 0 fully saturated rings. The van der Waals surface area contributed by atoms with Crippen molar-refractivity contribution in [3.8, 4) is 6.07 Å². The summed E-state index contributed by atoms with van der Waals surface area (Å²) in [4.78, 5) is 0. The van der Waals surface area contributed by atoms with Crippen LogP contribution >= 0.6 is 0 Å². The van der Waals surface area contributed by atoms with Crippen molar-refractivity contribution in [2.75, 3.05) is 5.43 Å². The number of rotatable bonds is 5. The minimum atomic E-state index is 0.458. The van der Waals surface area contributed by atoms with Gasteiger partial charge in [-0.3, -0.25) is 10.1 Å². The molecule has 2 aromatic rings. The summed E-state index contributed by atoms with van der Waals surface area (Å²) < 4.78 is 1.77. The Morgan fingerprint density at radius 3 is 2.95 bits per heavy atom. The number of nitrogens with zero attached hydrogens (tertiary/aromatic N) is 4. The Morgan fingerprint density at radius 2 is 2.21 bits per heavy atom. The summed E-state index contributed by atoms with van der Waals surface area (Å²) in [6, 6.07) is 11.8. The lowest BCUT2D eigenvalue weighted by atomic mass is 10.3. The van der Waals surface area contributed by atoms with E-state index in [1.54, 1.807) is 10.9 Å². The molecular weight excluding hydrogens is 238 g/mol. The van der Waals surface area contributed by atoms with Gasteiger partial charge in [-0.05, 0) is 19.1 Å². The van der Waals surface area contributed by atoms with Crippen molar-refractivity contribution in [2.24, 2.45) is 5.10 Å². The molecule has 0 amide bonds. The van der Waals surface area contributed by atoms with Crippen molar-refractivity contribution in [1.82, 2.24) is 9.78 Å². The summed E-state index contributed by atoms with van der Waals surface area (Å²) in [6.07, 6.45) is 4.08. The van der Waals surface area contributed by atoms with Gasteiger partial charge in [0.05, 0.1) is 36.6 Å². The summed E-state index contributed by atoms with van der Waals surface area (Å²) in [5.74, 6) is 0. The van der Waals surface area contributed by atoms with Gasteiger partial charge in [-0.2, -0.15) is 15.5 Å². The minimum absolute atomic E-state index is 0.458. The number of hydrogen-bond acceptors (Lipinski definition) is 4. The number of aryl methyl sites for hydroxylation is 2. The number of para-hydroxylation sites is 1. The Kier molecular flexibility index (Phi) is 4.29. The normalized spacial score (nSPS) is 10.5. The highest BCUT2D eigenvalue weighted by atomic mass is 15.3. The Balaban J connectivity index is 1.99. The van der Waals surface area contributed by atoms with Crippen molar-refractivity contribution in [3.05, 3.63) is 47.8 Å². The average molecular weight is 253 g/mol. The molecule has 1 aromatic carbocycles. The molecule has 0 aliphatic carbocycles. The number of nitrogens with one attached hydrogen (secondary N) is 1. The van der Waals surface area contributed by atoms with Crippen LogP contribution in [-0.4, -0.2) is 16.0 Å². The van der Waals surface area contributed by atoms with Crippen molar-refractivity contribution in [2.45, 2.75) is 19.9 Å². The van der Waals surface area contributed by atoms with Crippen LogP contribution in [0.2, 0.25) is 0 Å². The fourth-order valence-electron chi connectivity index (χ4n) is 1.63. The zero-order valence-electron chi connectivity index (χ0n) is 10.7. The number of aromatic nitrogens is 2. The first-order valence-electron chi connectivity index (χ1n) is 6.05. The van der Waals surface area contributed by atoms with Crippen molar-refractivity contribution in [1.29, 1.82) is 5.26 Å². The van der Waals surface area contributed by atoms with Crippen LogP contribution in [0.1, 0.15) is 17.7 Å². The highest BCUT2D eigenvalue weighted by Gasteiger charge is 2.01. The fourth-order valence-corrected chi connectivity index (χ4v) is 1.63. The molecule has 1 N–H and O–H groups in total. The van der Waals surface area contributed by atoms with Crippen LogP contribution < -0.4 is 5.43 Å². The highest BCUT2D eigenvalue weighted by Crippen LogP contribution is 2.06. The maximum Gasteiger partial charge on any atom is 0.0682 e. The largest absolute Gasteiger partial charge is 0.279 e. The van der Waals surface area contributed by atoms with Crippen molar-refractivity contribution in [3.63, 3.8) is 0 Å². The third-order valence-corrected chi connectivity index (χ3v) is 2.61. The molecule has 0 saturated carbocycles. The van der Waals surface area contributed by atoms with E-state index in [2.05, 4.69) is 21.7 Å². The highest BCUT2D eigenvalue weighted by molar-refractivity contribution is 5.81. The van der Waals surface area contributed by atoms with E-state index in [4.69, 9.17) is 5.26 Å². The molecule has 19 heavy (non-hydrogen) atoms. The van der Waals surface area contributed by atoms with Gasteiger partial charge >= 0.3 is 0 Å². The second-order valence-electron chi connectivity index (χ2n) is 4.08. The third kappa shape index (κ3) is 3.68. The second kappa shape index (κ2) is 6.36. The SMILES string of the molecule is Cc1nn(CCC#N)cc1/C=N/Nc1ccccc1. The van der Waals surface area contributed by atoms with Gasteiger partial charge in [0.25, 0.3) is 0 Å². The maximum atomic E-state index is 8.54. The first-order valence-corrected chi connectivity index (χ1v) is 6.05. The average Bonchev–Trinajstić information content (AvgIpc) is 2.78. The number of hydrogen-bond donors (Lipinski definition) is 1. The van der Waals surface area contributed by atoms with E-state index in [9.17, 15) is 0 Å². The molecule has 0 atom stereocenters. The van der Waals surface area contributed by atoms with Gasteiger partial charge in [-0.15, -0.1) is 0 Å². The summed E-state index contributed by atoms with van der Waals surface area (Å²) >= 11 is 0. The Morgan fingerprint density at radius 1 is 1.42 bits per heavy atom. The van der Waals surface area contributed by atoms with E-state index >= 15 is 0 Å². The Labute approximate surface area is 112 Å². The van der Waals surface area contributed by atoms with Gasteiger partial charge in [0.2, 0.25) is 0 Å². The molecule has 0 spiro atoms. The predicted molar refractivity (Wildman–Crippen MR) is 74.9 cm³/mol. The molecule has 0 bridgehead atoms. The van der Waals surface area contributed by atoms with E-state index in [1.807, 2.05) is 43.5 Å². The lowest BCUT2D eigenvalue weighted by molar-refractivity contribution is 0.622. The number of nitriles is 1. The van der Waals surface area contributed by atoms with Crippen LogP contribution in [0.4, 0.5) is 5.69 Å². The molecule has 0 unspecified atom stereocenters. The van der Waals surface area contributed by atoms with Crippen molar-refractivity contribution < 1.29 is 0 Å². The fraction of sp³-hybridized carbons (Fsp3) is 0.214. The van der Waals surface area contributed by atoms with Gasteiger partial charge in [-0.25, -0.2) is 0 Å². The summed E-state index contributed by atoms with van der Waals surface area (Å²) in [6.45, 7) is 2.53. The molecule has 0 saturated heterocycles. The summed E-state index contributed by atoms with van der Waals surface area (Å²) in [7, 11) is 0. The quantitative estimate of drug-likeness (QED) is 0.657. The Bertz CT molecular complexity index is 592. The molecule has 96 valence electrons. The van der Waals surface area contributed by atoms with Gasteiger partial charge in [0.15, 0.2) is 0 Å². The second-order valence-corrected chi connectivity index (χ2v) is 4.08. The molecule has 5 nitrogen and oxygen atoms in total. The minimum Gasteiger partial charge on any atom is -0.279 e. The molecule has 2 rings (SSSR count). The summed E-state index contributed by atoms with van der Waals surface area (Å²) in [5.41, 5.74) is 5.74. The number of benzene rings is 1. The first kappa shape index (κ1) is 12.8. The van der Waals surface area contributed by atoms with E-state index < -0.39 is 0 Å². The topological polar surface area (TPSA) is 66.0 Å². The zero-order chi connectivity index (χ0) is 13.5. The lowest BCUT2D eigenvalue weighted by Gasteiger charge is -1.97. The molecule has 0 radical (unpaired) electrons. The van der Waals surface area contributed by atoms with Crippen LogP contribution in [0.25, 0.3) is 0 Å². The van der Waals surface area contributed by atoms with E-state index in [-0.39, 0.29) is 0 Å².